The normalized spacial score (nSPS) is 15.5. The summed E-state index contributed by atoms with van der Waals surface area (Å²) >= 11 is 0. The minimum Gasteiger partial charge on any atom is -0.493 e. The van der Waals surface area contributed by atoms with Gasteiger partial charge in [-0.3, -0.25) is 0 Å². The van der Waals surface area contributed by atoms with E-state index >= 15 is 0 Å². The summed E-state index contributed by atoms with van der Waals surface area (Å²) in [5.41, 5.74) is 6.18. The lowest BCUT2D eigenvalue weighted by Crippen LogP contribution is -2.25. The predicted octanol–water partition coefficient (Wildman–Crippen LogP) is 5.09. The van der Waals surface area contributed by atoms with Crippen LogP contribution < -0.4 is 67.5 Å². The fraction of sp³-hybridized carbons (Fsp3) is 0.440. The van der Waals surface area contributed by atoms with E-state index in [1.165, 1.54) is 11.1 Å². The molecule has 22 nitrogen and oxygen atoms in total. The van der Waals surface area contributed by atoms with E-state index in [9.17, 15) is 0 Å². The van der Waals surface area contributed by atoms with Crippen molar-refractivity contribution in [3.05, 3.63) is 70.8 Å². The number of ether oxygens (including phenoxy) is 12. The van der Waals surface area contributed by atoms with Crippen molar-refractivity contribution in [3.63, 3.8) is 0 Å². The van der Waals surface area contributed by atoms with Crippen molar-refractivity contribution in [2.75, 3.05) is 96.6 Å². The van der Waals surface area contributed by atoms with E-state index in [2.05, 4.69) is 20.9 Å². The number of carbonyl (C=O) groups is 2. The van der Waals surface area contributed by atoms with E-state index in [-0.39, 0.29) is 25.8 Å². The number of benzene rings is 4. The Bertz CT molecular complexity index is 2380. The molecule has 0 spiro atoms. The van der Waals surface area contributed by atoms with Crippen LogP contribution in [0.1, 0.15) is 35.1 Å². The summed E-state index contributed by atoms with van der Waals surface area (Å²) in [5, 5.41) is 30.2. The molecular formula is C50H62N4O18. The highest BCUT2D eigenvalue weighted by Crippen LogP contribution is 2.51. The summed E-state index contributed by atoms with van der Waals surface area (Å²) in [7, 11) is 13.0. The van der Waals surface area contributed by atoms with Crippen LogP contribution in [0.15, 0.2) is 58.8 Å². The number of carboxylic acids is 2. The van der Waals surface area contributed by atoms with Gasteiger partial charge in [0.1, 0.15) is 12.2 Å². The smallest absolute Gasteiger partial charge is 0.414 e. The van der Waals surface area contributed by atoms with Crippen molar-refractivity contribution in [1.82, 2.24) is 10.6 Å². The van der Waals surface area contributed by atoms with Gasteiger partial charge in [0.25, 0.3) is 0 Å². The number of hydrogen-bond acceptors (Lipinski definition) is 20. The lowest BCUT2D eigenvalue weighted by Gasteiger charge is -2.15. The first-order valence-corrected chi connectivity index (χ1v) is 22.8. The lowest BCUT2D eigenvalue weighted by molar-refractivity contribution is -0.159. The van der Waals surface area contributed by atoms with Crippen molar-refractivity contribution in [2.24, 2.45) is 10.3 Å². The summed E-state index contributed by atoms with van der Waals surface area (Å²) in [6.45, 7) is 3.26. The molecule has 8 rings (SSSR count). The number of hydrogen-bond donors (Lipinski definition) is 4. The SMILES string of the molecule is COc1ccc(CCNCC2=NOC(Cc3cc(OC)c4c(c3OC)OCO4)C2)cc1OC.COc1ccc(CCNCC2=NOC(Cc3cc(OC)c4c(c3OC)OCO4)C2)cc1OC.O=C(O)C(=O)O. The van der Waals surface area contributed by atoms with Gasteiger partial charge >= 0.3 is 11.9 Å². The van der Waals surface area contributed by atoms with Crippen LogP contribution in [0, 0.1) is 0 Å². The van der Waals surface area contributed by atoms with Crippen molar-refractivity contribution in [1.29, 1.82) is 0 Å². The summed E-state index contributed by atoms with van der Waals surface area (Å²) in [6.07, 6.45) is 4.30. The number of carboxylic acid groups (broad SMARTS) is 2. The lowest BCUT2D eigenvalue weighted by atomic mass is 10.0. The minimum absolute atomic E-state index is 0.0772. The van der Waals surface area contributed by atoms with Gasteiger partial charge in [-0.1, -0.05) is 22.4 Å². The third-order valence-electron chi connectivity index (χ3n) is 11.5. The number of methoxy groups -OCH3 is 8. The van der Waals surface area contributed by atoms with E-state index < -0.39 is 11.9 Å². The Hall–Kier alpha value is -7.72. The molecule has 2 atom stereocenters. The van der Waals surface area contributed by atoms with Crippen LogP contribution in [0.25, 0.3) is 0 Å². The number of rotatable bonds is 22. The van der Waals surface area contributed by atoms with Crippen LogP contribution >= 0.6 is 0 Å². The molecule has 0 aromatic heterocycles. The first kappa shape index (κ1) is 53.6. The molecule has 0 radical (unpaired) electrons. The number of fused-ring (bicyclic) bond motifs is 2. The molecular weight excluding hydrogens is 945 g/mol. The first-order valence-electron chi connectivity index (χ1n) is 22.8. The fourth-order valence-corrected chi connectivity index (χ4v) is 8.08. The molecule has 4 N–H and O–H groups in total. The second-order valence-electron chi connectivity index (χ2n) is 16.1. The summed E-state index contributed by atoms with van der Waals surface area (Å²) < 4.78 is 65.6. The average molecular weight is 1010 g/mol. The number of nitrogens with zero attached hydrogens (tertiary/aromatic N) is 2. The molecule has 0 saturated carbocycles. The molecule has 0 amide bonds. The monoisotopic (exact) mass is 1010 g/mol. The third-order valence-corrected chi connectivity index (χ3v) is 11.5. The summed E-state index contributed by atoms with van der Waals surface area (Å²) in [4.78, 5) is 29.6. The standard InChI is InChI=1S/2C24H30N2O7.C2H2O4/c2*1-27-19-6-5-15(9-20(19)28-2)7-8-25-13-17-12-18(33-26-17)10-16-11-21(29-3)23-24(22(16)30-4)32-14-31-23;3-1(4)2(5)6/h2*5-6,9,11,18,25H,7-8,10,12-14H2,1-4H3;(H,3,4)(H,5,6). The van der Waals surface area contributed by atoms with E-state index in [1.54, 1.807) is 56.9 Å². The Morgan fingerprint density at radius 1 is 0.514 bits per heavy atom. The molecule has 72 heavy (non-hydrogen) atoms. The fourth-order valence-electron chi connectivity index (χ4n) is 8.08. The Kier molecular flexibility index (Phi) is 19.7. The molecule has 4 aromatic rings. The Morgan fingerprint density at radius 3 is 1.24 bits per heavy atom. The van der Waals surface area contributed by atoms with E-state index in [0.29, 0.717) is 71.9 Å². The Balaban J connectivity index is 0.000000211. The van der Waals surface area contributed by atoms with Gasteiger partial charge in [0, 0.05) is 49.9 Å². The molecule has 0 saturated heterocycles. The van der Waals surface area contributed by atoms with Gasteiger partial charge in [-0.15, -0.1) is 0 Å². The zero-order chi connectivity index (χ0) is 51.6. The topological polar surface area (TPSA) is 253 Å². The molecule has 0 bridgehead atoms. The number of oxime groups is 2. The molecule has 2 unspecified atom stereocenters. The van der Waals surface area contributed by atoms with Crippen LogP contribution in [0.2, 0.25) is 0 Å². The van der Waals surface area contributed by atoms with Crippen LogP contribution in [0.5, 0.6) is 69.0 Å². The van der Waals surface area contributed by atoms with Gasteiger partial charge in [0.15, 0.2) is 46.0 Å². The van der Waals surface area contributed by atoms with Crippen molar-refractivity contribution < 1.29 is 86.3 Å². The van der Waals surface area contributed by atoms with E-state index in [4.69, 9.17) is 86.3 Å². The maximum Gasteiger partial charge on any atom is 0.414 e. The van der Waals surface area contributed by atoms with Gasteiger partial charge in [-0.05, 0) is 73.5 Å². The maximum absolute atomic E-state index is 9.10. The van der Waals surface area contributed by atoms with Crippen LogP contribution in [0.4, 0.5) is 0 Å². The molecule has 4 heterocycles. The van der Waals surface area contributed by atoms with E-state index in [1.807, 2.05) is 48.5 Å². The molecule has 390 valence electrons. The Labute approximate surface area is 416 Å². The Morgan fingerprint density at radius 2 is 0.889 bits per heavy atom. The minimum atomic E-state index is -1.82. The first-order chi connectivity index (χ1) is 35.0. The van der Waals surface area contributed by atoms with Gasteiger partial charge in [-0.25, -0.2) is 9.59 Å². The third kappa shape index (κ3) is 13.8. The van der Waals surface area contributed by atoms with Gasteiger partial charge in [0.2, 0.25) is 36.6 Å². The van der Waals surface area contributed by atoms with Crippen molar-refractivity contribution in [2.45, 2.75) is 50.7 Å². The summed E-state index contributed by atoms with van der Waals surface area (Å²) in [6, 6.07) is 15.8. The van der Waals surface area contributed by atoms with Gasteiger partial charge < -0.3 is 87.4 Å². The van der Waals surface area contributed by atoms with Crippen molar-refractivity contribution >= 4 is 23.4 Å². The second kappa shape index (κ2) is 26.5. The van der Waals surface area contributed by atoms with E-state index in [0.717, 1.165) is 84.3 Å². The average Bonchev–Trinajstić information content (AvgIpc) is 4.26. The van der Waals surface area contributed by atoms with Crippen molar-refractivity contribution in [3.8, 4) is 69.0 Å². The zero-order valence-electron chi connectivity index (χ0n) is 41.6. The zero-order valence-corrected chi connectivity index (χ0v) is 41.6. The van der Waals surface area contributed by atoms with Crippen LogP contribution in [0.3, 0.4) is 0 Å². The highest BCUT2D eigenvalue weighted by molar-refractivity contribution is 6.27. The molecule has 4 aliphatic heterocycles. The molecule has 4 aromatic carbocycles. The van der Waals surface area contributed by atoms with Gasteiger partial charge in [-0.2, -0.15) is 0 Å². The molecule has 0 aliphatic carbocycles. The van der Waals surface area contributed by atoms with Crippen LogP contribution in [-0.4, -0.2) is 142 Å². The second-order valence-corrected chi connectivity index (χ2v) is 16.1. The molecule has 0 fully saturated rings. The number of nitrogens with one attached hydrogen (secondary N) is 2. The summed E-state index contributed by atoms with van der Waals surface area (Å²) in [5.74, 6) is 4.11. The maximum atomic E-state index is 9.10. The quantitative estimate of drug-likeness (QED) is 0.0591. The predicted molar refractivity (Wildman–Crippen MR) is 260 cm³/mol. The highest BCUT2D eigenvalue weighted by atomic mass is 16.7. The molecule has 22 heteroatoms. The van der Waals surface area contributed by atoms with Gasteiger partial charge in [0.05, 0.1) is 68.3 Å². The number of aliphatic carboxylic acids is 2. The van der Waals surface area contributed by atoms with Crippen LogP contribution in [-0.2, 0) is 44.9 Å². The largest absolute Gasteiger partial charge is 0.493 e. The highest BCUT2D eigenvalue weighted by Gasteiger charge is 2.32. The molecule has 4 aliphatic rings.